The highest BCUT2D eigenvalue weighted by atomic mass is 127. The molecule has 1 amide bonds. The number of amides is 1. The summed E-state index contributed by atoms with van der Waals surface area (Å²) in [5.74, 6) is 0.736. The number of halogens is 1. The van der Waals surface area contributed by atoms with Crippen molar-refractivity contribution in [3.05, 3.63) is 22.4 Å². The van der Waals surface area contributed by atoms with Gasteiger partial charge in [-0.2, -0.15) is 11.3 Å². The molecule has 1 rings (SSSR count). The molecule has 0 aliphatic heterocycles. The van der Waals surface area contributed by atoms with E-state index < -0.39 is 11.7 Å². The number of carbonyl (C=O) groups is 1. The molecule has 1 heterocycles. The van der Waals surface area contributed by atoms with Crippen molar-refractivity contribution < 1.29 is 9.53 Å². The minimum absolute atomic E-state index is 0. The number of carbonyl (C=O) groups excluding carboxylic acids is 1. The van der Waals surface area contributed by atoms with Crippen molar-refractivity contribution >= 4 is 47.4 Å². The predicted octanol–water partition coefficient (Wildman–Crippen LogP) is 2.95. The Bertz CT molecular complexity index is 472. The molecule has 0 fully saturated rings. The maximum absolute atomic E-state index is 11.5. The molecule has 0 spiro atoms. The summed E-state index contributed by atoms with van der Waals surface area (Å²) in [7, 11) is 0. The van der Waals surface area contributed by atoms with Crippen molar-refractivity contribution in [3.8, 4) is 0 Å². The summed E-state index contributed by atoms with van der Waals surface area (Å²) < 4.78 is 5.17. The van der Waals surface area contributed by atoms with Gasteiger partial charge in [-0.25, -0.2) is 9.79 Å². The summed E-state index contributed by atoms with van der Waals surface area (Å²) in [6, 6.07) is 2.06. The molecule has 0 radical (unpaired) electrons. The zero-order chi connectivity index (χ0) is 16.4. The summed E-state index contributed by atoms with van der Waals surface area (Å²) in [4.78, 5) is 16.0. The maximum Gasteiger partial charge on any atom is 0.407 e. The molecule has 0 atom stereocenters. The van der Waals surface area contributed by atoms with Gasteiger partial charge in [0.2, 0.25) is 0 Å². The topological polar surface area (TPSA) is 74.8 Å². The van der Waals surface area contributed by atoms with E-state index in [1.165, 1.54) is 5.56 Å². The monoisotopic (exact) mass is 454 g/mol. The number of rotatable bonds is 6. The van der Waals surface area contributed by atoms with Crippen LogP contribution in [0.1, 0.15) is 33.3 Å². The highest BCUT2D eigenvalue weighted by Gasteiger charge is 2.15. The Morgan fingerprint density at radius 3 is 2.52 bits per heavy atom. The SMILES string of the molecule is CCNC(=NCc1ccsc1)NCCNC(=O)OC(C)(C)C.I. The molecular formula is C15H27IN4O2S. The molecule has 132 valence electrons. The first-order chi connectivity index (χ1) is 10.4. The molecule has 8 heteroatoms. The molecule has 0 aromatic carbocycles. The minimum Gasteiger partial charge on any atom is -0.444 e. The highest BCUT2D eigenvalue weighted by Crippen LogP contribution is 2.07. The quantitative estimate of drug-likeness (QED) is 0.268. The Morgan fingerprint density at radius 2 is 1.96 bits per heavy atom. The average Bonchev–Trinajstić information content (AvgIpc) is 2.92. The molecule has 0 saturated heterocycles. The van der Waals surface area contributed by atoms with Crippen molar-refractivity contribution in [1.82, 2.24) is 16.0 Å². The molecule has 0 bridgehead atoms. The van der Waals surface area contributed by atoms with Crippen LogP contribution in [0.15, 0.2) is 21.8 Å². The number of hydrogen-bond donors (Lipinski definition) is 3. The molecule has 1 aromatic heterocycles. The largest absolute Gasteiger partial charge is 0.444 e. The fraction of sp³-hybridized carbons (Fsp3) is 0.600. The zero-order valence-corrected chi connectivity index (χ0v) is 17.3. The van der Waals surface area contributed by atoms with Gasteiger partial charge in [-0.15, -0.1) is 24.0 Å². The van der Waals surface area contributed by atoms with Crippen LogP contribution < -0.4 is 16.0 Å². The lowest BCUT2D eigenvalue weighted by Crippen LogP contribution is -2.42. The van der Waals surface area contributed by atoms with Crippen LogP contribution in [0.5, 0.6) is 0 Å². The number of nitrogens with zero attached hydrogens (tertiary/aromatic N) is 1. The molecule has 0 aliphatic rings. The van der Waals surface area contributed by atoms with Gasteiger partial charge in [0.1, 0.15) is 5.60 Å². The Hall–Kier alpha value is -1.03. The van der Waals surface area contributed by atoms with E-state index in [0.717, 1.165) is 12.5 Å². The number of nitrogens with one attached hydrogen (secondary N) is 3. The smallest absolute Gasteiger partial charge is 0.407 e. The third kappa shape index (κ3) is 11.2. The molecule has 0 aliphatic carbocycles. The van der Waals surface area contributed by atoms with E-state index in [9.17, 15) is 4.79 Å². The fourth-order valence-corrected chi connectivity index (χ4v) is 2.21. The molecular weight excluding hydrogens is 427 g/mol. The maximum atomic E-state index is 11.5. The molecule has 3 N–H and O–H groups in total. The van der Waals surface area contributed by atoms with Gasteiger partial charge >= 0.3 is 6.09 Å². The Kier molecular flexibility index (Phi) is 11.0. The lowest BCUT2D eigenvalue weighted by Gasteiger charge is -2.19. The molecule has 23 heavy (non-hydrogen) atoms. The first kappa shape index (κ1) is 22.0. The molecule has 0 unspecified atom stereocenters. The van der Waals surface area contributed by atoms with Crippen LogP contribution >= 0.6 is 35.3 Å². The van der Waals surface area contributed by atoms with Gasteiger partial charge in [0.05, 0.1) is 6.54 Å². The minimum atomic E-state index is -0.478. The molecule has 6 nitrogen and oxygen atoms in total. The van der Waals surface area contributed by atoms with Crippen molar-refractivity contribution in [2.24, 2.45) is 4.99 Å². The van der Waals surface area contributed by atoms with Crippen LogP contribution in [0.25, 0.3) is 0 Å². The molecule has 1 aromatic rings. The summed E-state index contributed by atoms with van der Waals surface area (Å²) >= 11 is 1.66. The highest BCUT2D eigenvalue weighted by molar-refractivity contribution is 14.0. The predicted molar refractivity (Wildman–Crippen MR) is 107 cm³/mol. The lowest BCUT2D eigenvalue weighted by atomic mass is 10.2. The second-order valence-corrected chi connectivity index (χ2v) is 6.46. The first-order valence-electron chi connectivity index (χ1n) is 7.41. The van der Waals surface area contributed by atoms with E-state index in [0.29, 0.717) is 19.6 Å². The normalized spacial score (nSPS) is 11.4. The van der Waals surface area contributed by atoms with Gasteiger partial charge in [-0.1, -0.05) is 0 Å². The van der Waals surface area contributed by atoms with Gasteiger partial charge in [-0.05, 0) is 50.1 Å². The number of alkyl carbamates (subject to hydrolysis) is 1. The standard InChI is InChI=1S/C15H26N4O2S.HI/c1-5-16-13(19-10-12-6-9-22-11-12)17-7-8-18-14(20)21-15(2,3)4;/h6,9,11H,5,7-8,10H2,1-4H3,(H,18,20)(H2,16,17,19);1H. The van der Waals surface area contributed by atoms with Gasteiger partial charge < -0.3 is 20.7 Å². The summed E-state index contributed by atoms with van der Waals surface area (Å²) in [6.07, 6.45) is -0.408. The third-order valence-corrected chi connectivity index (χ3v) is 3.16. The first-order valence-corrected chi connectivity index (χ1v) is 8.35. The third-order valence-electron chi connectivity index (χ3n) is 2.43. The van der Waals surface area contributed by atoms with Crippen LogP contribution in [0.4, 0.5) is 4.79 Å². The van der Waals surface area contributed by atoms with Crippen LogP contribution in [0.3, 0.4) is 0 Å². The molecule has 0 saturated carbocycles. The van der Waals surface area contributed by atoms with E-state index in [1.807, 2.05) is 33.1 Å². The van der Waals surface area contributed by atoms with Crippen LogP contribution in [-0.2, 0) is 11.3 Å². The second-order valence-electron chi connectivity index (χ2n) is 5.68. The van der Waals surface area contributed by atoms with Gasteiger partial charge in [0.15, 0.2) is 5.96 Å². The van der Waals surface area contributed by atoms with Gasteiger partial charge in [0.25, 0.3) is 0 Å². The van der Waals surface area contributed by atoms with Gasteiger partial charge in [-0.3, -0.25) is 0 Å². The number of aliphatic imine (C=N–C) groups is 1. The number of hydrogen-bond acceptors (Lipinski definition) is 4. The summed E-state index contributed by atoms with van der Waals surface area (Å²) in [5, 5.41) is 13.2. The van der Waals surface area contributed by atoms with Crippen molar-refractivity contribution in [2.75, 3.05) is 19.6 Å². The zero-order valence-electron chi connectivity index (χ0n) is 14.1. The summed E-state index contributed by atoms with van der Waals surface area (Å²) in [6.45, 7) is 10.0. The van der Waals surface area contributed by atoms with Crippen molar-refractivity contribution in [1.29, 1.82) is 0 Å². The van der Waals surface area contributed by atoms with Crippen molar-refractivity contribution in [3.63, 3.8) is 0 Å². The van der Waals surface area contributed by atoms with E-state index in [1.54, 1.807) is 11.3 Å². The number of guanidine groups is 1. The Labute approximate surface area is 159 Å². The van der Waals surface area contributed by atoms with E-state index in [4.69, 9.17) is 4.74 Å². The summed E-state index contributed by atoms with van der Waals surface area (Å²) in [5.41, 5.74) is 0.711. The van der Waals surface area contributed by atoms with Crippen LogP contribution in [-0.4, -0.2) is 37.3 Å². The van der Waals surface area contributed by atoms with Gasteiger partial charge in [0, 0.05) is 19.6 Å². The lowest BCUT2D eigenvalue weighted by molar-refractivity contribution is 0.0529. The number of ether oxygens (including phenoxy) is 1. The average molecular weight is 454 g/mol. The Morgan fingerprint density at radius 1 is 1.26 bits per heavy atom. The van der Waals surface area contributed by atoms with Crippen LogP contribution in [0.2, 0.25) is 0 Å². The second kappa shape index (κ2) is 11.5. The Balaban J connectivity index is 0.00000484. The number of thiophene rings is 1. The van der Waals surface area contributed by atoms with E-state index >= 15 is 0 Å². The fourth-order valence-electron chi connectivity index (χ4n) is 1.55. The van der Waals surface area contributed by atoms with E-state index in [-0.39, 0.29) is 24.0 Å². The van der Waals surface area contributed by atoms with E-state index in [2.05, 4.69) is 32.4 Å². The van der Waals surface area contributed by atoms with Crippen LogP contribution in [0, 0.1) is 0 Å². The van der Waals surface area contributed by atoms with Crippen molar-refractivity contribution in [2.45, 2.75) is 39.8 Å².